The van der Waals surface area contributed by atoms with Gasteiger partial charge in [-0.05, 0) is 62.7 Å². The first-order chi connectivity index (χ1) is 13.0. The molecule has 0 bridgehead atoms. The summed E-state index contributed by atoms with van der Waals surface area (Å²) in [5.74, 6) is 1.29. The molecule has 1 amide bonds. The normalized spacial score (nSPS) is 12.0. The Balaban J connectivity index is 1.98. The van der Waals surface area contributed by atoms with Crippen molar-refractivity contribution in [1.29, 1.82) is 0 Å². The van der Waals surface area contributed by atoms with Crippen molar-refractivity contribution in [1.82, 2.24) is 4.57 Å². The average molecular weight is 385 g/mol. The van der Waals surface area contributed by atoms with Gasteiger partial charge in [0.15, 0.2) is 4.80 Å². The number of benzene rings is 2. The quantitative estimate of drug-likeness (QED) is 0.622. The minimum absolute atomic E-state index is 0.0970. The van der Waals surface area contributed by atoms with Crippen molar-refractivity contribution >= 4 is 27.5 Å². The highest BCUT2D eigenvalue weighted by Gasteiger charge is 2.10. The molecule has 0 fully saturated rings. The number of carbonyl (C=O) groups excluding carboxylic acids is 1. The van der Waals surface area contributed by atoms with Crippen molar-refractivity contribution in [3.63, 3.8) is 0 Å². The number of ether oxygens (including phenoxy) is 2. The molecule has 1 heterocycles. The first kappa shape index (κ1) is 19.2. The molecule has 0 saturated heterocycles. The zero-order chi connectivity index (χ0) is 19.4. The largest absolute Gasteiger partial charge is 0.497 e. The number of hydrogen-bond donors (Lipinski definition) is 0. The molecular formula is C21H24N2O3S. The van der Waals surface area contributed by atoms with E-state index in [1.165, 1.54) is 11.3 Å². The average Bonchev–Trinajstić information content (AvgIpc) is 2.98. The Hall–Kier alpha value is -2.60. The number of carbonyl (C=O) groups is 1. The van der Waals surface area contributed by atoms with Crippen LogP contribution in [0, 0.1) is 0 Å². The maximum atomic E-state index is 12.7. The second kappa shape index (κ2) is 8.39. The summed E-state index contributed by atoms with van der Waals surface area (Å²) in [6, 6.07) is 13.0. The van der Waals surface area contributed by atoms with E-state index in [1.807, 2.05) is 32.0 Å². The van der Waals surface area contributed by atoms with Crippen molar-refractivity contribution in [2.75, 3.05) is 7.11 Å². The minimum Gasteiger partial charge on any atom is -0.497 e. The molecule has 142 valence electrons. The molecule has 0 atom stereocenters. The third-order valence-corrected chi connectivity index (χ3v) is 5.05. The van der Waals surface area contributed by atoms with E-state index in [9.17, 15) is 4.79 Å². The van der Waals surface area contributed by atoms with E-state index in [2.05, 4.69) is 16.5 Å². The fourth-order valence-corrected chi connectivity index (χ4v) is 3.89. The van der Waals surface area contributed by atoms with Gasteiger partial charge in [0, 0.05) is 12.1 Å². The Kier molecular flexibility index (Phi) is 5.96. The lowest BCUT2D eigenvalue weighted by molar-refractivity contribution is 0.0998. The van der Waals surface area contributed by atoms with Crippen LogP contribution in [-0.4, -0.2) is 23.7 Å². The molecule has 3 aromatic rings. The van der Waals surface area contributed by atoms with E-state index in [0.29, 0.717) is 10.4 Å². The molecule has 0 aliphatic rings. The summed E-state index contributed by atoms with van der Waals surface area (Å²) < 4.78 is 14.1. The van der Waals surface area contributed by atoms with Gasteiger partial charge in [0.1, 0.15) is 11.5 Å². The van der Waals surface area contributed by atoms with Crippen LogP contribution in [0.5, 0.6) is 11.5 Å². The Morgan fingerprint density at radius 3 is 2.48 bits per heavy atom. The van der Waals surface area contributed by atoms with Crippen molar-refractivity contribution in [2.45, 2.75) is 39.8 Å². The summed E-state index contributed by atoms with van der Waals surface area (Å²) in [4.78, 5) is 17.8. The van der Waals surface area contributed by atoms with Gasteiger partial charge in [0.05, 0.1) is 23.4 Å². The number of methoxy groups -OCH3 is 1. The number of hydrogen-bond acceptors (Lipinski definition) is 4. The molecule has 5 nitrogen and oxygen atoms in total. The van der Waals surface area contributed by atoms with Crippen LogP contribution in [0.25, 0.3) is 10.2 Å². The van der Waals surface area contributed by atoms with Gasteiger partial charge in [-0.25, -0.2) is 0 Å². The summed E-state index contributed by atoms with van der Waals surface area (Å²) in [5, 5.41) is 0. The summed E-state index contributed by atoms with van der Waals surface area (Å²) in [6.45, 7) is 6.85. The number of aromatic nitrogens is 1. The fraction of sp³-hybridized carbons (Fsp3) is 0.333. The lowest BCUT2D eigenvalue weighted by Gasteiger charge is -2.09. The van der Waals surface area contributed by atoms with E-state index in [1.54, 1.807) is 31.4 Å². The second-order valence-electron chi connectivity index (χ2n) is 6.48. The zero-order valence-electron chi connectivity index (χ0n) is 16.1. The highest BCUT2D eigenvalue weighted by Crippen LogP contribution is 2.23. The van der Waals surface area contributed by atoms with Gasteiger partial charge < -0.3 is 14.0 Å². The van der Waals surface area contributed by atoms with E-state index >= 15 is 0 Å². The molecule has 0 N–H and O–H groups in total. The van der Waals surface area contributed by atoms with Gasteiger partial charge in [0.25, 0.3) is 5.91 Å². The molecular weight excluding hydrogens is 360 g/mol. The molecule has 0 radical (unpaired) electrons. The number of aryl methyl sites for hydroxylation is 1. The predicted molar refractivity (Wildman–Crippen MR) is 109 cm³/mol. The van der Waals surface area contributed by atoms with Crippen LogP contribution in [-0.2, 0) is 6.54 Å². The van der Waals surface area contributed by atoms with Gasteiger partial charge in [-0.2, -0.15) is 4.99 Å². The number of fused-ring (bicyclic) bond motifs is 1. The number of amides is 1. The molecule has 27 heavy (non-hydrogen) atoms. The maximum absolute atomic E-state index is 12.7. The summed E-state index contributed by atoms with van der Waals surface area (Å²) >= 11 is 1.50. The number of nitrogens with zero attached hydrogens (tertiary/aromatic N) is 2. The minimum atomic E-state index is -0.255. The Morgan fingerprint density at radius 2 is 1.85 bits per heavy atom. The summed E-state index contributed by atoms with van der Waals surface area (Å²) in [5.41, 5.74) is 1.61. The van der Waals surface area contributed by atoms with Gasteiger partial charge in [-0.15, -0.1) is 0 Å². The summed E-state index contributed by atoms with van der Waals surface area (Å²) in [7, 11) is 1.65. The van der Waals surface area contributed by atoms with Gasteiger partial charge in [-0.1, -0.05) is 18.3 Å². The maximum Gasteiger partial charge on any atom is 0.279 e. The SMILES string of the molecule is CCCn1c(=NC(=O)c2ccc(OC(C)C)cc2)sc2cc(OC)ccc21. The van der Waals surface area contributed by atoms with E-state index in [0.717, 1.165) is 34.7 Å². The Bertz CT molecular complexity index is 1000. The lowest BCUT2D eigenvalue weighted by Crippen LogP contribution is -2.16. The zero-order valence-corrected chi connectivity index (χ0v) is 16.9. The van der Waals surface area contributed by atoms with Crippen LogP contribution >= 0.6 is 11.3 Å². The highest BCUT2D eigenvalue weighted by atomic mass is 32.1. The van der Waals surface area contributed by atoms with Crippen molar-refractivity contribution in [3.05, 3.63) is 52.8 Å². The van der Waals surface area contributed by atoms with E-state index < -0.39 is 0 Å². The van der Waals surface area contributed by atoms with Crippen LogP contribution in [0.2, 0.25) is 0 Å². The molecule has 2 aromatic carbocycles. The van der Waals surface area contributed by atoms with Crippen LogP contribution in [0.4, 0.5) is 0 Å². The van der Waals surface area contributed by atoms with E-state index in [-0.39, 0.29) is 12.0 Å². The molecule has 0 aliphatic heterocycles. The Morgan fingerprint density at radius 1 is 1.15 bits per heavy atom. The first-order valence-corrected chi connectivity index (χ1v) is 9.86. The van der Waals surface area contributed by atoms with Gasteiger partial charge in [0.2, 0.25) is 0 Å². The van der Waals surface area contributed by atoms with Crippen LogP contribution in [0.1, 0.15) is 37.6 Å². The van der Waals surface area contributed by atoms with Crippen molar-refractivity contribution in [3.8, 4) is 11.5 Å². The monoisotopic (exact) mass is 384 g/mol. The third-order valence-electron chi connectivity index (χ3n) is 4.01. The predicted octanol–water partition coefficient (Wildman–Crippen LogP) is 4.65. The molecule has 0 spiro atoms. The molecule has 0 saturated carbocycles. The molecule has 3 rings (SSSR count). The smallest absolute Gasteiger partial charge is 0.279 e. The number of thiazole rings is 1. The Labute approximate surface area is 162 Å². The fourth-order valence-electron chi connectivity index (χ4n) is 2.81. The van der Waals surface area contributed by atoms with Crippen LogP contribution in [0.3, 0.4) is 0 Å². The standard InChI is InChI=1S/C21H24N2O3S/c1-5-12-23-18-11-10-17(25-4)13-19(18)27-21(23)22-20(24)15-6-8-16(9-7-15)26-14(2)3/h6-11,13-14H,5,12H2,1-4H3. The van der Waals surface area contributed by atoms with E-state index in [4.69, 9.17) is 9.47 Å². The summed E-state index contributed by atoms with van der Waals surface area (Å²) in [6.07, 6.45) is 1.06. The van der Waals surface area contributed by atoms with Crippen molar-refractivity contribution in [2.24, 2.45) is 4.99 Å². The molecule has 1 aromatic heterocycles. The lowest BCUT2D eigenvalue weighted by atomic mass is 10.2. The molecule has 0 aliphatic carbocycles. The van der Waals surface area contributed by atoms with Crippen LogP contribution < -0.4 is 14.3 Å². The van der Waals surface area contributed by atoms with Gasteiger partial charge >= 0.3 is 0 Å². The van der Waals surface area contributed by atoms with Crippen LogP contribution in [0.15, 0.2) is 47.5 Å². The highest BCUT2D eigenvalue weighted by molar-refractivity contribution is 7.16. The molecule has 6 heteroatoms. The third kappa shape index (κ3) is 4.39. The first-order valence-electron chi connectivity index (χ1n) is 9.05. The topological polar surface area (TPSA) is 52.8 Å². The second-order valence-corrected chi connectivity index (χ2v) is 7.49. The van der Waals surface area contributed by atoms with Crippen molar-refractivity contribution < 1.29 is 14.3 Å². The number of rotatable bonds is 6. The molecule has 0 unspecified atom stereocenters. The van der Waals surface area contributed by atoms with Gasteiger partial charge in [-0.3, -0.25) is 4.79 Å².